The molecule has 1 fully saturated rings. The van der Waals surface area contributed by atoms with Gasteiger partial charge in [0.05, 0.1) is 0 Å². The Labute approximate surface area is 155 Å². The molecule has 2 N–H and O–H groups in total. The molecule has 142 valence electrons. The Morgan fingerprint density at radius 2 is 1.85 bits per heavy atom. The Bertz CT molecular complexity index is 669. The Morgan fingerprint density at radius 3 is 2.42 bits per heavy atom. The number of nitrogens with one attached hydrogen (secondary N) is 2. The van der Waals surface area contributed by atoms with Gasteiger partial charge in [0, 0.05) is 6.54 Å². The van der Waals surface area contributed by atoms with Gasteiger partial charge in [-0.1, -0.05) is 57.9 Å². The molecular weight excluding hydrogens is 330 g/mol. The van der Waals surface area contributed by atoms with Crippen molar-refractivity contribution in [2.75, 3.05) is 13.1 Å². The molecule has 6 heteroatoms. The first-order chi connectivity index (χ1) is 12.3. The summed E-state index contributed by atoms with van der Waals surface area (Å²) in [6.45, 7) is 8.27. The summed E-state index contributed by atoms with van der Waals surface area (Å²) in [6, 6.07) is 7.12. The topological polar surface area (TPSA) is 78.5 Å². The number of urea groups is 1. The van der Waals surface area contributed by atoms with Crippen LogP contribution in [0.4, 0.5) is 4.79 Å². The van der Waals surface area contributed by atoms with Gasteiger partial charge >= 0.3 is 6.03 Å². The molecule has 1 aliphatic heterocycles. The molecular formula is C20H29N3O3. The molecule has 4 amide bonds. The molecule has 0 spiro atoms. The van der Waals surface area contributed by atoms with Gasteiger partial charge in [-0.3, -0.25) is 14.5 Å². The van der Waals surface area contributed by atoms with Crippen LogP contribution in [0.3, 0.4) is 0 Å². The predicted octanol–water partition coefficient (Wildman–Crippen LogP) is 2.88. The zero-order valence-corrected chi connectivity index (χ0v) is 16.1. The van der Waals surface area contributed by atoms with Crippen LogP contribution in [-0.2, 0) is 15.1 Å². The fraction of sp³-hybridized carbons (Fsp3) is 0.550. The van der Waals surface area contributed by atoms with E-state index < -0.39 is 17.5 Å². The van der Waals surface area contributed by atoms with Crippen molar-refractivity contribution in [3.05, 3.63) is 35.4 Å². The molecule has 1 heterocycles. The molecule has 1 aromatic rings. The van der Waals surface area contributed by atoms with Gasteiger partial charge in [-0.25, -0.2) is 4.79 Å². The van der Waals surface area contributed by atoms with Crippen molar-refractivity contribution >= 4 is 17.8 Å². The number of benzene rings is 1. The van der Waals surface area contributed by atoms with Crippen LogP contribution in [0.25, 0.3) is 0 Å². The minimum absolute atomic E-state index is 0.254. The SMILES string of the molecule is CCCCCNC(=O)CN1C(=O)NC(C)(c2ccc(C(C)C)cc2)C1=O. The van der Waals surface area contributed by atoms with E-state index in [4.69, 9.17) is 0 Å². The van der Waals surface area contributed by atoms with E-state index >= 15 is 0 Å². The zero-order valence-electron chi connectivity index (χ0n) is 16.1. The molecule has 0 saturated carbocycles. The highest BCUT2D eigenvalue weighted by Crippen LogP contribution is 2.29. The molecule has 1 aliphatic rings. The maximum absolute atomic E-state index is 12.8. The highest BCUT2D eigenvalue weighted by Gasteiger charge is 2.49. The summed E-state index contributed by atoms with van der Waals surface area (Å²) in [5, 5.41) is 5.49. The number of amides is 4. The molecule has 1 saturated heterocycles. The fourth-order valence-corrected chi connectivity index (χ4v) is 3.04. The van der Waals surface area contributed by atoms with Crippen LogP contribution in [0, 0.1) is 0 Å². The number of imide groups is 1. The average Bonchev–Trinajstić information content (AvgIpc) is 2.83. The van der Waals surface area contributed by atoms with Crippen LogP contribution >= 0.6 is 0 Å². The lowest BCUT2D eigenvalue weighted by Gasteiger charge is -2.22. The largest absolute Gasteiger partial charge is 0.355 e. The van der Waals surface area contributed by atoms with Crippen LogP contribution in [-0.4, -0.2) is 35.8 Å². The van der Waals surface area contributed by atoms with Gasteiger partial charge < -0.3 is 10.6 Å². The van der Waals surface area contributed by atoms with Crippen molar-refractivity contribution in [1.82, 2.24) is 15.5 Å². The van der Waals surface area contributed by atoms with Crippen molar-refractivity contribution < 1.29 is 14.4 Å². The third-order valence-corrected chi connectivity index (χ3v) is 4.83. The lowest BCUT2D eigenvalue weighted by Crippen LogP contribution is -2.43. The van der Waals surface area contributed by atoms with Gasteiger partial charge in [0.25, 0.3) is 5.91 Å². The number of carbonyl (C=O) groups excluding carboxylic acids is 3. The number of hydrogen-bond donors (Lipinski definition) is 2. The fourth-order valence-electron chi connectivity index (χ4n) is 3.04. The van der Waals surface area contributed by atoms with E-state index in [1.807, 2.05) is 24.3 Å². The number of rotatable bonds is 8. The molecule has 6 nitrogen and oxygen atoms in total. The van der Waals surface area contributed by atoms with Crippen LogP contribution in [0.1, 0.15) is 64.0 Å². The van der Waals surface area contributed by atoms with Gasteiger partial charge in [0.2, 0.25) is 5.91 Å². The summed E-state index contributed by atoms with van der Waals surface area (Å²) in [5.74, 6) is -0.328. The Balaban J connectivity index is 2.05. The molecule has 0 radical (unpaired) electrons. The first-order valence-corrected chi connectivity index (χ1v) is 9.30. The highest BCUT2D eigenvalue weighted by molar-refractivity contribution is 6.09. The van der Waals surface area contributed by atoms with Crippen LogP contribution < -0.4 is 10.6 Å². The van der Waals surface area contributed by atoms with Gasteiger partial charge in [0.15, 0.2) is 0 Å². The number of carbonyl (C=O) groups is 3. The minimum Gasteiger partial charge on any atom is -0.355 e. The van der Waals surface area contributed by atoms with Crippen molar-refractivity contribution in [3.8, 4) is 0 Å². The van der Waals surface area contributed by atoms with E-state index in [-0.39, 0.29) is 12.5 Å². The second kappa shape index (κ2) is 8.34. The monoisotopic (exact) mass is 359 g/mol. The molecule has 0 aliphatic carbocycles. The lowest BCUT2D eigenvalue weighted by atomic mass is 9.90. The van der Waals surface area contributed by atoms with E-state index in [1.165, 1.54) is 0 Å². The zero-order chi connectivity index (χ0) is 19.3. The molecule has 1 atom stereocenters. The molecule has 1 unspecified atom stereocenters. The first-order valence-electron chi connectivity index (χ1n) is 9.30. The quantitative estimate of drug-likeness (QED) is 0.553. The third kappa shape index (κ3) is 4.23. The summed E-state index contributed by atoms with van der Waals surface area (Å²) < 4.78 is 0. The van der Waals surface area contributed by atoms with Crippen LogP contribution in [0.15, 0.2) is 24.3 Å². The standard InChI is InChI=1S/C20H29N3O3/c1-5-6-7-12-21-17(24)13-23-18(25)20(4,22-19(23)26)16-10-8-15(9-11-16)14(2)3/h8-11,14H,5-7,12-13H2,1-4H3,(H,21,24)(H,22,26). The van der Waals surface area contributed by atoms with Gasteiger partial charge in [-0.2, -0.15) is 0 Å². The first kappa shape index (κ1) is 19.9. The van der Waals surface area contributed by atoms with Crippen LogP contribution in [0.2, 0.25) is 0 Å². The van der Waals surface area contributed by atoms with E-state index in [0.29, 0.717) is 18.0 Å². The second-order valence-electron chi connectivity index (χ2n) is 7.28. The van der Waals surface area contributed by atoms with Crippen molar-refractivity contribution in [3.63, 3.8) is 0 Å². The highest BCUT2D eigenvalue weighted by atomic mass is 16.2. The Hall–Kier alpha value is -2.37. The van der Waals surface area contributed by atoms with Crippen molar-refractivity contribution in [1.29, 1.82) is 0 Å². The van der Waals surface area contributed by atoms with Gasteiger partial charge in [-0.05, 0) is 30.4 Å². The summed E-state index contributed by atoms with van der Waals surface area (Å²) in [5.41, 5.74) is 0.735. The Morgan fingerprint density at radius 1 is 1.19 bits per heavy atom. The molecule has 26 heavy (non-hydrogen) atoms. The van der Waals surface area contributed by atoms with Crippen LogP contribution in [0.5, 0.6) is 0 Å². The summed E-state index contributed by atoms with van der Waals surface area (Å²) in [6.07, 6.45) is 2.99. The third-order valence-electron chi connectivity index (χ3n) is 4.83. The van der Waals surface area contributed by atoms with Crippen molar-refractivity contribution in [2.24, 2.45) is 0 Å². The lowest BCUT2D eigenvalue weighted by molar-refractivity contribution is -0.134. The maximum atomic E-state index is 12.8. The van der Waals surface area contributed by atoms with E-state index in [2.05, 4.69) is 31.4 Å². The van der Waals surface area contributed by atoms with E-state index in [9.17, 15) is 14.4 Å². The number of hydrogen-bond acceptors (Lipinski definition) is 3. The maximum Gasteiger partial charge on any atom is 0.325 e. The summed E-state index contributed by atoms with van der Waals surface area (Å²) in [4.78, 5) is 38.1. The Kier molecular flexibility index (Phi) is 6.40. The normalized spacial score (nSPS) is 19.8. The van der Waals surface area contributed by atoms with Crippen molar-refractivity contribution in [2.45, 2.75) is 58.4 Å². The van der Waals surface area contributed by atoms with E-state index in [0.717, 1.165) is 29.7 Å². The second-order valence-corrected chi connectivity index (χ2v) is 7.28. The summed E-state index contributed by atoms with van der Waals surface area (Å²) >= 11 is 0. The molecule has 1 aromatic carbocycles. The smallest absolute Gasteiger partial charge is 0.325 e. The average molecular weight is 359 g/mol. The van der Waals surface area contributed by atoms with E-state index in [1.54, 1.807) is 6.92 Å². The predicted molar refractivity (Wildman–Crippen MR) is 101 cm³/mol. The summed E-state index contributed by atoms with van der Waals surface area (Å²) in [7, 11) is 0. The minimum atomic E-state index is -1.14. The number of unbranched alkanes of at least 4 members (excludes halogenated alkanes) is 2. The molecule has 0 bridgehead atoms. The number of nitrogens with zero attached hydrogens (tertiary/aromatic N) is 1. The van der Waals surface area contributed by atoms with Gasteiger partial charge in [0.1, 0.15) is 12.1 Å². The van der Waals surface area contributed by atoms with Gasteiger partial charge in [-0.15, -0.1) is 0 Å². The molecule has 2 rings (SSSR count). The molecule has 0 aromatic heterocycles.